The highest BCUT2D eigenvalue weighted by Crippen LogP contribution is 2.24. The van der Waals surface area contributed by atoms with Crippen LogP contribution in [0.15, 0.2) is 24.3 Å². The number of methoxy groups -OCH3 is 1. The van der Waals surface area contributed by atoms with Gasteiger partial charge >= 0.3 is 0 Å². The summed E-state index contributed by atoms with van der Waals surface area (Å²) in [5.41, 5.74) is 0.668. The molecule has 0 aliphatic carbocycles. The molecule has 2 atom stereocenters. The lowest BCUT2D eigenvalue weighted by atomic mass is 10.1. The first-order chi connectivity index (χ1) is 12.4. The minimum absolute atomic E-state index is 0.0635. The van der Waals surface area contributed by atoms with E-state index in [9.17, 15) is 13.2 Å². The number of nitrogens with zero attached hydrogens (tertiary/aromatic N) is 2. The maximum atomic E-state index is 12.6. The molecule has 1 N–H and O–H groups in total. The average molecular weight is 381 g/mol. The second-order valence-electron chi connectivity index (χ2n) is 6.99. The molecule has 2 aliphatic rings. The lowest BCUT2D eigenvalue weighted by molar-refractivity contribution is -0.121. The van der Waals surface area contributed by atoms with Crippen molar-refractivity contribution in [1.29, 1.82) is 0 Å². The van der Waals surface area contributed by atoms with Crippen molar-refractivity contribution >= 4 is 21.4 Å². The Morgan fingerprint density at radius 3 is 2.54 bits per heavy atom. The lowest BCUT2D eigenvalue weighted by Crippen LogP contribution is -2.55. The van der Waals surface area contributed by atoms with E-state index in [2.05, 4.69) is 15.1 Å². The van der Waals surface area contributed by atoms with Gasteiger partial charge in [0, 0.05) is 32.2 Å². The number of hydrogen-bond acceptors (Lipinski definition) is 6. The standard InChI is InChI=1S/C18H27N3O4S/c1-14(18(22)19-16-5-3-4-6-17(16)25-2)20-8-10-21(11-9-20)15-7-12-26(23,24)13-15/h3-6,14-15H,7-13H2,1-2H3,(H,19,22)/t14-,15+/m0/s1. The van der Waals surface area contributed by atoms with Crippen molar-refractivity contribution in [2.45, 2.75) is 25.4 Å². The van der Waals surface area contributed by atoms with E-state index in [1.165, 1.54) is 0 Å². The quantitative estimate of drug-likeness (QED) is 0.814. The van der Waals surface area contributed by atoms with E-state index in [0.29, 0.717) is 17.2 Å². The van der Waals surface area contributed by atoms with Crippen LogP contribution in [0.25, 0.3) is 0 Å². The Kier molecular flexibility index (Phi) is 5.84. The second kappa shape index (κ2) is 7.94. The summed E-state index contributed by atoms with van der Waals surface area (Å²) < 4.78 is 28.6. The molecule has 2 saturated heterocycles. The Hall–Kier alpha value is -1.64. The predicted molar refractivity (Wildman–Crippen MR) is 101 cm³/mol. The van der Waals surface area contributed by atoms with Crippen molar-refractivity contribution in [1.82, 2.24) is 9.80 Å². The molecule has 1 amide bonds. The van der Waals surface area contributed by atoms with Crippen LogP contribution in [0.4, 0.5) is 5.69 Å². The number of nitrogens with one attached hydrogen (secondary N) is 1. The number of carbonyl (C=O) groups excluding carboxylic acids is 1. The molecule has 0 bridgehead atoms. The molecule has 1 aromatic carbocycles. The van der Waals surface area contributed by atoms with Crippen LogP contribution in [-0.4, -0.2) is 81.0 Å². The normalized spacial score (nSPS) is 24.9. The van der Waals surface area contributed by atoms with E-state index in [1.807, 2.05) is 31.2 Å². The topological polar surface area (TPSA) is 79.0 Å². The van der Waals surface area contributed by atoms with Crippen LogP contribution in [0.2, 0.25) is 0 Å². The van der Waals surface area contributed by atoms with Crippen LogP contribution in [0, 0.1) is 0 Å². The maximum absolute atomic E-state index is 12.6. The summed E-state index contributed by atoms with van der Waals surface area (Å²) in [4.78, 5) is 17.0. The summed E-state index contributed by atoms with van der Waals surface area (Å²) in [6.45, 7) is 5.02. The highest BCUT2D eigenvalue weighted by Gasteiger charge is 2.35. The third kappa shape index (κ3) is 4.36. The fraction of sp³-hybridized carbons (Fsp3) is 0.611. The summed E-state index contributed by atoms with van der Waals surface area (Å²) in [6, 6.07) is 7.24. The minimum atomic E-state index is -2.86. The number of rotatable bonds is 5. The molecule has 0 spiro atoms. The van der Waals surface area contributed by atoms with Gasteiger partial charge in [-0.2, -0.15) is 0 Å². The molecule has 0 radical (unpaired) electrons. The first kappa shape index (κ1) is 19.1. The van der Waals surface area contributed by atoms with Crippen LogP contribution >= 0.6 is 0 Å². The number of para-hydroxylation sites is 2. The van der Waals surface area contributed by atoms with Crippen molar-refractivity contribution in [3.63, 3.8) is 0 Å². The Morgan fingerprint density at radius 2 is 1.92 bits per heavy atom. The fourth-order valence-corrected chi connectivity index (χ4v) is 5.47. The van der Waals surface area contributed by atoms with Crippen LogP contribution in [0.3, 0.4) is 0 Å². The molecule has 144 valence electrons. The summed E-state index contributed by atoms with van der Waals surface area (Å²) in [5.74, 6) is 1.15. The molecular formula is C18H27N3O4S. The van der Waals surface area contributed by atoms with E-state index in [0.717, 1.165) is 32.6 Å². The SMILES string of the molecule is COc1ccccc1NC(=O)[C@H](C)N1CCN([C@@H]2CCS(=O)(=O)C2)CC1. The smallest absolute Gasteiger partial charge is 0.241 e. The van der Waals surface area contributed by atoms with Gasteiger partial charge in [0.05, 0.1) is 30.3 Å². The minimum Gasteiger partial charge on any atom is -0.495 e. The summed E-state index contributed by atoms with van der Waals surface area (Å²) in [5, 5.41) is 2.94. The number of amides is 1. The Bertz CT molecular complexity index is 745. The first-order valence-corrected chi connectivity index (χ1v) is 10.8. The van der Waals surface area contributed by atoms with Crippen molar-refractivity contribution in [2.24, 2.45) is 0 Å². The van der Waals surface area contributed by atoms with E-state index < -0.39 is 9.84 Å². The number of carbonyl (C=O) groups is 1. The van der Waals surface area contributed by atoms with Crippen molar-refractivity contribution in [3.05, 3.63) is 24.3 Å². The predicted octanol–water partition coefficient (Wildman–Crippen LogP) is 0.827. The van der Waals surface area contributed by atoms with Gasteiger partial charge in [-0.05, 0) is 25.5 Å². The summed E-state index contributed by atoms with van der Waals surface area (Å²) >= 11 is 0. The van der Waals surface area contributed by atoms with Crippen LogP contribution in [0.5, 0.6) is 5.75 Å². The Labute approximate surface area is 155 Å². The first-order valence-electron chi connectivity index (χ1n) is 9.02. The number of anilines is 1. The summed E-state index contributed by atoms with van der Waals surface area (Å²) in [7, 11) is -1.28. The zero-order valence-corrected chi connectivity index (χ0v) is 16.2. The number of benzene rings is 1. The maximum Gasteiger partial charge on any atom is 0.241 e. The zero-order valence-electron chi connectivity index (χ0n) is 15.3. The van der Waals surface area contributed by atoms with Gasteiger partial charge in [0.25, 0.3) is 0 Å². The van der Waals surface area contributed by atoms with Crippen LogP contribution < -0.4 is 10.1 Å². The molecule has 3 rings (SSSR count). The van der Waals surface area contributed by atoms with E-state index >= 15 is 0 Å². The zero-order chi connectivity index (χ0) is 18.7. The molecule has 1 aromatic rings. The van der Waals surface area contributed by atoms with Crippen molar-refractivity contribution in [3.8, 4) is 5.75 Å². The Balaban J connectivity index is 1.53. The van der Waals surface area contributed by atoms with E-state index in [-0.39, 0.29) is 23.7 Å². The second-order valence-corrected chi connectivity index (χ2v) is 9.22. The molecule has 0 aromatic heterocycles. The van der Waals surface area contributed by atoms with Gasteiger partial charge in [-0.1, -0.05) is 12.1 Å². The number of hydrogen-bond donors (Lipinski definition) is 1. The van der Waals surface area contributed by atoms with Gasteiger partial charge in [-0.25, -0.2) is 8.42 Å². The third-order valence-electron chi connectivity index (χ3n) is 5.37. The highest BCUT2D eigenvalue weighted by molar-refractivity contribution is 7.91. The van der Waals surface area contributed by atoms with Gasteiger partial charge in [0.2, 0.25) is 5.91 Å². The lowest BCUT2D eigenvalue weighted by Gasteiger charge is -2.39. The number of sulfone groups is 1. The molecule has 2 aliphatic heterocycles. The van der Waals surface area contributed by atoms with Crippen LogP contribution in [-0.2, 0) is 14.6 Å². The third-order valence-corrected chi connectivity index (χ3v) is 7.12. The van der Waals surface area contributed by atoms with Gasteiger partial charge in [0.1, 0.15) is 5.75 Å². The molecule has 2 heterocycles. The van der Waals surface area contributed by atoms with Gasteiger partial charge in [-0.15, -0.1) is 0 Å². The number of ether oxygens (including phenoxy) is 1. The van der Waals surface area contributed by atoms with Crippen molar-refractivity contribution in [2.75, 3.05) is 50.1 Å². The molecular weight excluding hydrogens is 354 g/mol. The molecule has 7 nitrogen and oxygen atoms in total. The van der Waals surface area contributed by atoms with Gasteiger partial charge in [0.15, 0.2) is 9.84 Å². The monoisotopic (exact) mass is 381 g/mol. The largest absolute Gasteiger partial charge is 0.495 e. The van der Waals surface area contributed by atoms with Gasteiger partial charge in [-0.3, -0.25) is 14.6 Å². The Morgan fingerprint density at radius 1 is 1.23 bits per heavy atom. The fourth-order valence-electron chi connectivity index (χ4n) is 3.70. The molecule has 26 heavy (non-hydrogen) atoms. The molecule has 2 fully saturated rings. The molecule has 0 saturated carbocycles. The molecule has 8 heteroatoms. The summed E-state index contributed by atoms with van der Waals surface area (Å²) in [6.07, 6.45) is 0.728. The van der Waals surface area contributed by atoms with Gasteiger partial charge < -0.3 is 10.1 Å². The average Bonchev–Trinajstić information content (AvgIpc) is 3.01. The van der Waals surface area contributed by atoms with Crippen LogP contribution in [0.1, 0.15) is 13.3 Å². The van der Waals surface area contributed by atoms with E-state index in [4.69, 9.17) is 4.74 Å². The van der Waals surface area contributed by atoms with E-state index in [1.54, 1.807) is 7.11 Å². The molecule has 0 unspecified atom stereocenters. The highest BCUT2D eigenvalue weighted by atomic mass is 32.2. The van der Waals surface area contributed by atoms with Crippen molar-refractivity contribution < 1.29 is 17.9 Å². The number of piperazine rings is 1.